The van der Waals surface area contributed by atoms with E-state index in [0.717, 1.165) is 4.88 Å². The number of thiophene rings is 1. The lowest BCUT2D eigenvalue weighted by Gasteiger charge is -1.99. The van der Waals surface area contributed by atoms with Gasteiger partial charge in [-0.3, -0.25) is 4.79 Å². The number of hydrogen-bond acceptors (Lipinski definition) is 3. The first-order valence-electron chi connectivity index (χ1n) is 3.98. The molecule has 0 bridgehead atoms. The van der Waals surface area contributed by atoms with Gasteiger partial charge < -0.3 is 5.11 Å². The van der Waals surface area contributed by atoms with Gasteiger partial charge in [0.2, 0.25) is 5.78 Å². The molecule has 2 nitrogen and oxygen atoms in total. The lowest BCUT2D eigenvalue weighted by Crippen LogP contribution is -2.11. The number of aliphatic hydroxyl groups is 1. The number of Topliss-reactive ketones (excluding diaryl/α,β-unsaturated/α-hetero) is 1. The minimum Gasteiger partial charge on any atom is -0.371 e. The molecule has 0 spiro atoms. The Morgan fingerprint density at radius 1 is 1.54 bits per heavy atom. The number of carbonyl (C=O) groups excluding carboxylic acids is 1. The van der Waals surface area contributed by atoms with Crippen molar-refractivity contribution in [1.29, 1.82) is 0 Å². The van der Waals surface area contributed by atoms with Crippen molar-refractivity contribution >= 4 is 28.7 Å². The second-order valence-corrected chi connectivity index (χ2v) is 4.59. The van der Waals surface area contributed by atoms with Gasteiger partial charge in [-0.2, -0.15) is 0 Å². The lowest BCUT2D eigenvalue weighted by molar-refractivity contribution is 0.0864. The highest BCUT2D eigenvalue weighted by atomic mass is 35.5. The zero-order chi connectivity index (χ0) is 10.0. The van der Waals surface area contributed by atoms with E-state index in [9.17, 15) is 4.79 Å². The first kappa shape index (κ1) is 10.7. The van der Waals surface area contributed by atoms with Crippen molar-refractivity contribution in [3.05, 3.63) is 21.9 Å². The topological polar surface area (TPSA) is 37.3 Å². The second kappa shape index (κ2) is 4.22. The van der Waals surface area contributed by atoms with Gasteiger partial charge in [0.1, 0.15) is 0 Å². The summed E-state index contributed by atoms with van der Waals surface area (Å²) >= 11 is 6.65. The van der Waals surface area contributed by atoms with Gasteiger partial charge >= 0.3 is 0 Å². The smallest absolute Gasteiger partial charge is 0.216 e. The Morgan fingerprint density at radius 3 is 2.54 bits per heavy atom. The maximum Gasteiger partial charge on any atom is 0.216 e. The van der Waals surface area contributed by atoms with Crippen LogP contribution in [0.15, 0.2) is 12.1 Å². The molecule has 1 aromatic rings. The van der Waals surface area contributed by atoms with Gasteiger partial charge in [-0.15, -0.1) is 11.3 Å². The molecule has 0 aliphatic rings. The molecule has 1 heterocycles. The fourth-order valence-electron chi connectivity index (χ4n) is 0.913. The van der Waals surface area contributed by atoms with Crippen molar-refractivity contribution in [2.24, 2.45) is 0 Å². The normalized spacial score (nSPS) is 13.3. The predicted molar refractivity (Wildman–Crippen MR) is 54.6 cm³/mol. The van der Waals surface area contributed by atoms with E-state index in [1.165, 1.54) is 11.3 Å². The molecule has 1 rings (SSSR count). The number of aliphatic hydroxyl groups excluding tert-OH is 1. The van der Waals surface area contributed by atoms with Crippen LogP contribution in [0.4, 0.5) is 0 Å². The van der Waals surface area contributed by atoms with Crippen molar-refractivity contribution in [3.63, 3.8) is 0 Å². The summed E-state index contributed by atoms with van der Waals surface area (Å²) in [7, 11) is 0. The van der Waals surface area contributed by atoms with Crippen LogP contribution >= 0.6 is 22.9 Å². The van der Waals surface area contributed by atoms with Crippen LogP contribution in [0.3, 0.4) is 0 Å². The molecule has 1 N–H and O–H groups in total. The number of alkyl halides is 1. The molecule has 1 aromatic heterocycles. The van der Waals surface area contributed by atoms with E-state index in [1.54, 1.807) is 6.07 Å². The zero-order valence-electron chi connectivity index (χ0n) is 7.45. The molecule has 0 fully saturated rings. The lowest BCUT2D eigenvalue weighted by atomic mass is 10.2. The Balaban J connectivity index is 2.86. The summed E-state index contributed by atoms with van der Waals surface area (Å²) in [5, 5.41) is 8.84. The Hall–Kier alpha value is -0.380. The molecule has 0 radical (unpaired) electrons. The van der Waals surface area contributed by atoms with E-state index < -0.39 is 11.3 Å². The average Bonchev–Trinajstić information content (AvgIpc) is 2.50. The average molecular weight is 219 g/mol. The highest BCUT2D eigenvalue weighted by Gasteiger charge is 2.16. The van der Waals surface area contributed by atoms with Crippen molar-refractivity contribution in [2.45, 2.75) is 25.3 Å². The number of carbonyl (C=O) groups is 1. The zero-order valence-corrected chi connectivity index (χ0v) is 9.02. The van der Waals surface area contributed by atoms with Crippen molar-refractivity contribution < 1.29 is 9.90 Å². The molecule has 0 aromatic carbocycles. The van der Waals surface area contributed by atoms with Gasteiger partial charge in [0.05, 0.1) is 4.88 Å². The fraction of sp³-hybridized carbons (Fsp3) is 0.444. The van der Waals surface area contributed by atoms with Gasteiger partial charge in [-0.25, -0.2) is 0 Å². The summed E-state index contributed by atoms with van der Waals surface area (Å²) in [6.07, 6.45) is 0. The van der Waals surface area contributed by atoms with E-state index in [1.807, 2.05) is 6.07 Å². The van der Waals surface area contributed by atoms with E-state index >= 15 is 0 Å². The Labute approximate surface area is 86.2 Å². The molecule has 0 saturated carbocycles. The number of hydrogen-bond donors (Lipinski definition) is 1. The molecule has 72 valence electrons. The third kappa shape index (κ3) is 2.53. The third-order valence-electron chi connectivity index (χ3n) is 1.66. The highest BCUT2D eigenvalue weighted by Crippen LogP contribution is 2.25. The van der Waals surface area contributed by atoms with E-state index in [2.05, 4.69) is 13.8 Å². The summed E-state index contributed by atoms with van der Waals surface area (Å²) in [6, 6.07) is 3.59. The summed E-state index contributed by atoms with van der Waals surface area (Å²) in [6.45, 7) is 4.11. The summed E-state index contributed by atoms with van der Waals surface area (Å²) in [4.78, 5) is 12.9. The third-order valence-corrected chi connectivity index (χ3v) is 3.25. The van der Waals surface area contributed by atoms with Gasteiger partial charge in [0, 0.05) is 4.88 Å². The maximum absolute atomic E-state index is 11.2. The Morgan fingerprint density at radius 2 is 2.15 bits per heavy atom. The minimum atomic E-state index is -1.42. The molecule has 1 unspecified atom stereocenters. The number of ketones is 1. The minimum absolute atomic E-state index is 0.402. The molecule has 0 aliphatic carbocycles. The Kier molecular flexibility index (Phi) is 3.47. The standard InChI is InChI=1S/C9H11ClO2S/c1-5(2)6-3-4-7(13-6)8(11)9(10)12/h3-5,9,12H,1-2H3. The first-order chi connectivity index (χ1) is 6.02. The SMILES string of the molecule is CC(C)c1ccc(C(=O)C(O)Cl)s1. The van der Waals surface area contributed by atoms with Crippen molar-refractivity contribution in [3.8, 4) is 0 Å². The van der Waals surface area contributed by atoms with Crippen molar-refractivity contribution in [2.75, 3.05) is 0 Å². The summed E-state index contributed by atoms with van der Waals surface area (Å²) < 4.78 is 0. The second-order valence-electron chi connectivity index (χ2n) is 3.06. The molecular formula is C9H11ClO2S. The van der Waals surface area contributed by atoms with Crippen LogP contribution in [0.2, 0.25) is 0 Å². The van der Waals surface area contributed by atoms with E-state index in [4.69, 9.17) is 16.7 Å². The number of rotatable bonds is 3. The van der Waals surface area contributed by atoms with Gasteiger partial charge in [0.25, 0.3) is 0 Å². The molecule has 0 amide bonds. The fourth-order valence-corrected chi connectivity index (χ4v) is 2.07. The molecular weight excluding hydrogens is 208 g/mol. The van der Waals surface area contributed by atoms with Crippen LogP contribution in [0, 0.1) is 0 Å². The van der Waals surface area contributed by atoms with Gasteiger partial charge in [0.15, 0.2) is 5.56 Å². The van der Waals surface area contributed by atoms with Crippen LogP contribution in [0.1, 0.15) is 34.3 Å². The summed E-state index contributed by atoms with van der Waals surface area (Å²) in [5.74, 6) is -0.0161. The van der Waals surface area contributed by atoms with Crippen LogP contribution < -0.4 is 0 Å². The van der Waals surface area contributed by atoms with E-state index in [-0.39, 0.29) is 0 Å². The van der Waals surface area contributed by atoms with Crippen LogP contribution in [-0.2, 0) is 0 Å². The molecule has 13 heavy (non-hydrogen) atoms. The monoisotopic (exact) mass is 218 g/mol. The quantitative estimate of drug-likeness (QED) is 0.626. The van der Waals surface area contributed by atoms with Crippen LogP contribution in [0.5, 0.6) is 0 Å². The largest absolute Gasteiger partial charge is 0.371 e. The summed E-state index contributed by atoms with van der Waals surface area (Å²) in [5.41, 5.74) is -1.42. The van der Waals surface area contributed by atoms with Crippen LogP contribution in [-0.4, -0.2) is 16.5 Å². The highest BCUT2D eigenvalue weighted by molar-refractivity contribution is 7.14. The van der Waals surface area contributed by atoms with Crippen LogP contribution in [0.25, 0.3) is 0 Å². The molecule has 4 heteroatoms. The van der Waals surface area contributed by atoms with Crippen molar-refractivity contribution in [1.82, 2.24) is 0 Å². The van der Waals surface area contributed by atoms with E-state index in [0.29, 0.717) is 10.8 Å². The molecule has 0 aliphatic heterocycles. The van der Waals surface area contributed by atoms with Gasteiger partial charge in [-0.05, 0) is 18.1 Å². The maximum atomic E-state index is 11.2. The number of halogens is 1. The Bertz CT molecular complexity index is 304. The predicted octanol–water partition coefficient (Wildman–Crippen LogP) is 2.61. The first-order valence-corrected chi connectivity index (χ1v) is 5.23. The molecule has 1 atom stereocenters. The van der Waals surface area contributed by atoms with Gasteiger partial charge in [-0.1, -0.05) is 25.4 Å². The molecule has 0 saturated heterocycles.